The second kappa shape index (κ2) is 5.14. The number of carbonyl (C=O) groups is 2. The van der Waals surface area contributed by atoms with Crippen LogP contribution in [0.4, 0.5) is 0 Å². The number of ether oxygens (including phenoxy) is 2. The molecule has 0 saturated heterocycles. The maximum Gasteiger partial charge on any atom is 0.302 e. The predicted octanol–water partition coefficient (Wildman–Crippen LogP) is 1.67. The molecule has 0 aromatic rings. The fraction of sp³-hybridized carbons (Fsp3) is 0.818. The van der Waals surface area contributed by atoms with Crippen molar-refractivity contribution in [3.8, 4) is 0 Å². The average Bonchev–Trinajstić information content (AvgIpc) is 2.49. The number of rotatable bonds is 3. The van der Waals surface area contributed by atoms with E-state index in [1.807, 2.05) is 6.92 Å². The van der Waals surface area contributed by atoms with Gasteiger partial charge in [0.15, 0.2) is 0 Å². The molecule has 0 bridgehead atoms. The molecular formula is C11H18O4. The molecule has 0 aliphatic heterocycles. The van der Waals surface area contributed by atoms with Crippen molar-refractivity contribution in [1.29, 1.82) is 0 Å². The van der Waals surface area contributed by atoms with Gasteiger partial charge in [-0.25, -0.2) is 0 Å². The largest absolute Gasteiger partial charge is 0.462 e. The van der Waals surface area contributed by atoms with E-state index in [1.54, 1.807) is 0 Å². The van der Waals surface area contributed by atoms with Crippen molar-refractivity contribution in [2.45, 2.75) is 52.2 Å². The van der Waals surface area contributed by atoms with E-state index in [1.165, 1.54) is 13.8 Å². The van der Waals surface area contributed by atoms with E-state index in [2.05, 4.69) is 0 Å². The van der Waals surface area contributed by atoms with Gasteiger partial charge in [0.2, 0.25) is 0 Å². The van der Waals surface area contributed by atoms with Crippen molar-refractivity contribution in [2.75, 3.05) is 0 Å². The fourth-order valence-electron chi connectivity index (χ4n) is 2.20. The van der Waals surface area contributed by atoms with Gasteiger partial charge in [-0.05, 0) is 26.2 Å². The van der Waals surface area contributed by atoms with E-state index in [9.17, 15) is 9.59 Å². The van der Waals surface area contributed by atoms with Gasteiger partial charge in [0.25, 0.3) is 0 Å². The monoisotopic (exact) mass is 214 g/mol. The smallest absolute Gasteiger partial charge is 0.302 e. The summed E-state index contributed by atoms with van der Waals surface area (Å²) in [6, 6.07) is 0. The van der Waals surface area contributed by atoms with Crippen molar-refractivity contribution in [2.24, 2.45) is 5.92 Å². The fourth-order valence-corrected chi connectivity index (χ4v) is 2.20. The summed E-state index contributed by atoms with van der Waals surface area (Å²) in [4.78, 5) is 21.7. The SMILES string of the molecule is CC(=O)O[C@H]1CCC[C@H]1[C@@H](C)OC(C)=O. The Morgan fingerprint density at radius 3 is 2.40 bits per heavy atom. The first kappa shape index (κ1) is 12.0. The first-order valence-corrected chi connectivity index (χ1v) is 5.35. The second-order valence-electron chi connectivity index (χ2n) is 4.06. The third kappa shape index (κ3) is 3.53. The van der Waals surface area contributed by atoms with Crippen molar-refractivity contribution < 1.29 is 19.1 Å². The number of carbonyl (C=O) groups excluding carboxylic acids is 2. The Hall–Kier alpha value is -1.06. The van der Waals surface area contributed by atoms with Crippen LogP contribution < -0.4 is 0 Å². The highest BCUT2D eigenvalue weighted by Gasteiger charge is 2.35. The van der Waals surface area contributed by atoms with Crippen molar-refractivity contribution >= 4 is 11.9 Å². The molecule has 1 aliphatic rings. The molecule has 15 heavy (non-hydrogen) atoms. The minimum Gasteiger partial charge on any atom is -0.462 e. The average molecular weight is 214 g/mol. The molecule has 1 saturated carbocycles. The van der Waals surface area contributed by atoms with Crippen LogP contribution in [-0.2, 0) is 19.1 Å². The summed E-state index contributed by atoms with van der Waals surface area (Å²) in [5.74, 6) is -0.393. The van der Waals surface area contributed by atoms with Gasteiger partial charge in [-0.15, -0.1) is 0 Å². The Labute approximate surface area is 89.9 Å². The third-order valence-corrected chi connectivity index (χ3v) is 2.78. The molecule has 1 fully saturated rings. The third-order valence-electron chi connectivity index (χ3n) is 2.78. The van der Waals surface area contributed by atoms with Crippen LogP contribution in [0.2, 0.25) is 0 Å². The van der Waals surface area contributed by atoms with Gasteiger partial charge in [-0.1, -0.05) is 0 Å². The second-order valence-corrected chi connectivity index (χ2v) is 4.06. The molecule has 0 radical (unpaired) electrons. The van der Waals surface area contributed by atoms with Crippen molar-refractivity contribution in [3.63, 3.8) is 0 Å². The van der Waals surface area contributed by atoms with Gasteiger partial charge < -0.3 is 9.47 Å². The molecule has 1 rings (SSSR count). The first-order valence-electron chi connectivity index (χ1n) is 5.35. The van der Waals surface area contributed by atoms with Crippen LogP contribution in [0.25, 0.3) is 0 Å². The molecule has 0 aromatic carbocycles. The summed E-state index contributed by atoms with van der Waals surface area (Å²) >= 11 is 0. The van der Waals surface area contributed by atoms with Gasteiger partial charge in [0, 0.05) is 19.8 Å². The molecule has 4 nitrogen and oxygen atoms in total. The van der Waals surface area contributed by atoms with Gasteiger partial charge in [0.1, 0.15) is 12.2 Å². The van der Waals surface area contributed by atoms with E-state index in [0.717, 1.165) is 19.3 Å². The molecule has 0 spiro atoms. The van der Waals surface area contributed by atoms with Crippen molar-refractivity contribution in [3.05, 3.63) is 0 Å². The van der Waals surface area contributed by atoms with Crippen LogP contribution in [0.1, 0.15) is 40.0 Å². The summed E-state index contributed by atoms with van der Waals surface area (Å²) in [6.45, 7) is 4.66. The molecule has 3 atom stereocenters. The van der Waals surface area contributed by atoms with Gasteiger partial charge in [-0.3, -0.25) is 9.59 Å². The lowest BCUT2D eigenvalue weighted by atomic mass is 10.00. The minimum atomic E-state index is -0.282. The molecule has 0 unspecified atom stereocenters. The molecule has 0 N–H and O–H groups in total. The summed E-state index contributed by atoms with van der Waals surface area (Å²) in [5.41, 5.74) is 0. The van der Waals surface area contributed by atoms with Gasteiger partial charge in [0.05, 0.1) is 0 Å². The molecule has 86 valence electrons. The van der Waals surface area contributed by atoms with E-state index in [0.29, 0.717) is 0 Å². The molecule has 0 heterocycles. The Morgan fingerprint density at radius 2 is 1.87 bits per heavy atom. The zero-order chi connectivity index (χ0) is 11.4. The standard InChI is InChI=1S/C11H18O4/c1-7(14-8(2)12)10-5-4-6-11(10)15-9(3)13/h7,10-11H,4-6H2,1-3H3/t7-,10+,11+/m1/s1. The first-order chi connectivity index (χ1) is 7.00. The zero-order valence-electron chi connectivity index (χ0n) is 9.49. The Bertz CT molecular complexity index is 249. The zero-order valence-corrected chi connectivity index (χ0v) is 9.49. The number of esters is 2. The Balaban J connectivity index is 2.51. The summed E-state index contributed by atoms with van der Waals surface area (Å²) in [6.07, 6.45) is 2.59. The highest BCUT2D eigenvalue weighted by atomic mass is 16.6. The Morgan fingerprint density at radius 1 is 1.20 bits per heavy atom. The molecule has 0 amide bonds. The van der Waals surface area contributed by atoms with Crippen LogP contribution >= 0.6 is 0 Å². The minimum absolute atomic E-state index is 0.0863. The molecule has 4 heteroatoms. The van der Waals surface area contributed by atoms with Crippen LogP contribution in [0.15, 0.2) is 0 Å². The quantitative estimate of drug-likeness (QED) is 0.670. The maximum absolute atomic E-state index is 10.9. The highest BCUT2D eigenvalue weighted by molar-refractivity contribution is 5.66. The molecular weight excluding hydrogens is 196 g/mol. The Kier molecular flexibility index (Phi) is 4.12. The molecule has 1 aliphatic carbocycles. The van der Waals surface area contributed by atoms with Crippen molar-refractivity contribution in [1.82, 2.24) is 0 Å². The number of hydrogen-bond acceptors (Lipinski definition) is 4. The van der Waals surface area contributed by atoms with Crippen LogP contribution in [0.5, 0.6) is 0 Å². The van der Waals surface area contributed by atoms with E-state index >= 15 is 0 Å². The molecule has 0 aromatic heterocycles. The highest BCUT2D eigenvalue weighted by Crippen LogP contribution is 2.32. The summed E-state index contributed by atoms with van der Waals surface area (Å²) < 4.78 is 10.3. The normalized spacial score (nSPS) is 27.1. The van der Waals surface area contributed by atoms with E-state index < -0.39 is 0 Å². The van der Waals surface area contributed by atoms with Crippen LogP contribution in [0, 0.1) is 5.92 Å². The van der Waals surface area contributed by atoms with E-state index in [-0.39, 0.29) is 30.1 Å². The lowest BCUT2D eigenvalue weighted by Crippen LogP contribution is -2.31. The lowest BCUT2D eigenvalue weighted by Gasteiger charge is -2.24. The lowest BCUT2D eigenvalue weighted by molar-refractivity contribution is -0.156. The van der Waals surface area contributed by atoms with Crippen LogP contribution in [-0.4, -0.2) is 24.1 Å². The van der Waals surface area contributed by atoms with Gasteiger partial charge in [-0.2, -0.15) is 0 Å². The summed E-state index contributed by atoms with van der Waals surface area (Å²) in [5, 5.41) is 0. The van der Waals surface area contributed by atoms with E-state index in [4.69, 9.17) is 9.47 Å². The predicted molar refractivity (Wildman–Crippen MR) is 54.1 cm³/mol. The topological polar surface area (TPSA) is 52.6 Å². The summed E-state index contributed by atoms with van der Waals surface area (Å²) in [7, 11) is 0. The van der Waals surface area contributed by atoms with Gasteiger partial charge >= 0.3 is 11.9 Å². The van der Waals surface area contributed by atoms with Crippen LogP contribution in [0.3, 0.4) is 0 Å². The maximum atomic E-state index is 10.9. The number of hydrogen-bond donors (Lipinski definition) is 0.